The van der Waals surface area contributed by atoms with Gasteiger partial charge in [-0.05, 0) is 55.7 Å². The summed E-state index contributed by atoms with van der Waals surface area (Å²) in [6, 6.07) is 10.8. The predicted molar refractivity (Wildman–Crippen MR) is 104 cm³/mol. The van der Waals surface area contributed by atoms with Crippen molar-refractivity contribution >= 4 is 29.5 Å². The standard InChI is InChI=1S/C21H21ClN2O3/c1-13-3-4-14(2)20-18(13)11-15(21(26)24-20)9-10-23-19(25)12-27-17-7-5-16(22)6-8-17/h3-8,11,15H,9-10,12H2,1-2H3,(H,23,25). The summed E-state index contributed by atoms with van der Waals surface area (Å²) in [5.41, 5.74) is 2.09. The van der Waals surface area contributed by atoms with Crippen LogP contribution in [0.4, 0.5) is 0 Å². The van der Waals surface area contributed by atoms with Gasteiger partial charge in [-0.3, -0.25) is 9.59 Å². The SMILES string of the molecule is Cc1ccc(C)c2c1=CC(CCNC(=O)COc1ccc(Cl)cc1)C(=O)N=2. The van der Waals surface area contributed by atoms with Gasteiger partial charge in [-0.1, -0.05) is 29.8 Å². The zero-order valence-electron chi connectivity index (χ0n) is 15.3. The van der Waals surface area contributed by atoms with E-state index >= 15 is 0 Å². The lowest BCUT2D eigenvalue weighted by Crippen LogP contribution is -2.38. The van der Waals surface area contributed by atoms with E-state index in [1.807, 2.05) is 32.1 Å². The number of fused-ring (bicyclic) bond motifs is 1. The Labute approximate surface area is 162 Å². The van der Waals surface area contributed by atoms with Gasteiger partial charge < -0.3 is 10.1 Å². The van der Waals surface area contributed by atoms with E-state index in [2.05, 4.69) is 10.3 Å². The minimum absolute atomic E-state index is 0.0878. The molecule has 2 aromatic carbocycles. The Balaban J connectivity index is 1.53. The highest BCUT2D eigenvalue weighted by molar-refractivity contribution is 6.30. The lowest BCUT2D eigenvalue weighted by molar-refractivity contribution is -0.124. The fourth-order valence-electron chi connectivity index (χ4n) is 2.95. The molecule has 0 fully saturated rings. The molecule has 5 nitrogen and oxygen atoms in total. The topological polar surface area (TPSA) is 67.8 Å². The van der Waals surface area contributed by atoms with Gasteiger partial charge in [0, 0.05) is 16.8 Å². The van der Waals surface area contributed by atoms with Crippen molar-refractivity contribution in [2.75, 3.05) is 13.2 Å². The van der Waals surface area contributed by atoms with Gasteiger partial charge in [0.05, 0.1) is 11.3 Å². The molecule has 140 valence electrons. The summed E-state index contributed by atoms with van der Waals surface area (Å²) in [7, 11) is 0. The second kappa shape index (κ2) is 8.35. The van der Waals surface area contributed by atoms with Crippen molar-refractivity contribution in [2.45, 2.75) is 20.3 Å². The van der Waals surface area contributed by atoms with Crippen LogP contribution in [-0.4, -0.2) is 25.0 Å². The Hall–Kier alpha value is -2.66. The molecular formula is C21H21ClN2O3. The normalized spacial score (nSPS) is 15.4. The number of hydrogen-bond acceptors (Lipinski definition) is 3. The number of aryl methyl sites for hydroxylation is 2. The van der Waals surface area contributed by atoms with Gasteiger partial charge in [-0.15, -0.1) is 0 Å². The van der Waals surface area contributed by atoms with Gasteiger partial charge in [0.2, 0.25) is 0 Å². The second-order valence-electron chi connectivity index (χ2n) is 6.57. The molecule has 0 radical (unpaired) electrons. The van der Waals surface area contributed by atoms with E-state index in [0.717, 1.165) is 21.7 Å². The van der Waals surface area contributed by atoms with Gasteiger partial charge in [0.15, 0.2) is 6.61 Å². The lowest BCUT2D eigenvalue weighted by Gasteiger charge is -2.14. The molecule has 0 spiro atoms. The van der Waals surface area contributed by atoms with Crippen molar-refractivity contribution in [2.24, 2.45) is 10.9 Å². The van der Waals surface area contributed by atoms with Crippen LogP contribution in [-0.2, 0) is 9.59 Å². The number of nitrogens with zero attached hydrogens (tertiary/aromatic N) is 1. The largest absolute Gasteiger partial charge is 0.484 e. The minimum Gasteiger partial charge on any atom is -0.484 e. The number of carbonyl (C=O) groups is 2. The molecule has 0 saturated heterocycles. The average Bonchev–Trinajstić information content (AvgIpc) is 2.65. The van der Waals surface area contributed by atoms with E-state index in [4.69, 9.17) is 16.3 Å². The van der Waals surface area contributed by atoms with Crippen LogP contribution in [0.25, 0.3) is 6.08 Å². The van der Waals surface area contributed by atoms with Crippen molar-refractivity contribution < 1.29 is 14.3 Å². The van der Waals surface area contributed by atoms with Gasteiger partial charge in [0.1, 0.15) is 5.75 Å². The third-order valence-electron chi connectivity index (χ3n) is 4.50. The molecule has 3 rings (SSSR count). The molecule has 1 heterocycles. The quantitative estimate of drug-likeness (QED) is 0.829. The first kappa shape index (κ1) is 19.1. The summed E-state index contributed by atoms with van der Waals surface area (Å²) in [5.74, 6) is -0.150. The van der Waals surface area contributed by atoms with Crippen LogP contribution in [0.5, 0.6) is 5.75 Å². The van der Waals surface area contributed by atoms with Crippen molar-refractivity contribution in [3.63, 3.8) is 0 Å². The van der Waals surface area contributed by atoms with Crippen molar-refractivity contribution in [1.82, 2.24) is 5.32 Å². The highest BCUT2D eigenvalue weighted by Gasteiger charge is 2.19. The molecule has 0 bridgehead atoms. The summed E-state index contributed by atoms with van der Waals surface area (Å²) in [6.07, 6.45) is 2.46. The maximum absolute atomic E-state index is 12.3. The fourth-order valence-corrected chi connectivity index (χ4v) is 3.07. The summed E-state index contributed by atoms with van der Waals surface area (Å²) in [6.45, 7) is 4.25. The molecular weight excluding hydrogens is 364 g/mol. The fraction of sp³-hybridized carbons (Fsp3) is 0.286. The number of halogens is 1. The van der Waals surface area contributed by atoms with E-state index in [1.54, 1.807) is 24.3 Å². The first-order chi connectivity index (χ1) is 12.9. The molecule has 6 heteroatoms. The molecule has 0 saturated carbocycles. The van der Waals surface area contributed by atoms with Gasteiger partial charge >= 0.3 is 0 Å². The second-order valence-corrected chi connectivity index (χ2v) is 7.00. The van der Waals surface area contributed by atoms with E-state index in [0.29, 0.717) is 23.7 Å². The van der Waals surface area contributed by atoms with E-state index < -0.39 is 0 Å². The summed E-state index contributed by atoms with van der Waals surface area (Å²) < 4.78 is 5.40. The molecule has 1 N–H and O–H groups in total. The van der Waals surface area contributed by atoms with Crippen LogP contribution in [0.2, 0.25) is 5.02 Å². The number of nitrogens with one attached hydrogen (secondary N) is 1. The van der Waals surface area contributed by atoms with Crippen LogP contribution >= 0.6 is 11.6 Å². The molecule has 27 heavy (non-hydrogen) atoms. The molecule has 1 aliphatic heterocycles. The molecule has 1 aliphatic rings. The average molecular weight is 385 g/mol. The summed E-state index contributed by atoms with van der Waals surface area (Å²) >= 11 is 5.81. The molecule has 0 aromatic heterocycles. The lowest BCUT2D eigenvalue weighted by atomic mass is 9.97. The number of benzene rings is 2. The van der Waals surface area contributed by atoms with Gasteiger partial charge in [-0.25, -0.2) is 4.99 Å². The summed E-state index contributed by atoms with van der Waals surface area (Å²) in [4.78, 5) is 28.5. The minimum atomic E-state index is -0.324. The van der Waals surface area contributed by atoms with Crippen molar-refractivity contribution in [3.05, 3.63) is 63.1 Å². The van der Waals surface area contributed by atoms with Crippen LogP contribution in [0.1, 0.15) is 17.5 Å². The highest BCUT2D eigenvalue weighted by Crippen LogP contribution is 2.15. The predicted octanol–water partition coefficient (Wildman–Crippen LogP) is 2.10. The monoisotopic (exact) mass is 384 g/mol. The van der Waals surface area contributed by atoms with Crippen LogP contribution in [0.15, 0.2) is 41.4 Å². The number of hydrogen-bond donors (Lipinski definition) is 1. The maximum Gasteiger partial charge on any atom is 0.257 e. The number of carbonyl (C=O) groups excluding carboxylic acids is 2. The number of amides is 2. The van der Waals surface area contributed by atoms with Crippen molar-refractivity contribution in [3.8, 4) is 5.75 Å². The van der Waals surface area contributed by atoms with Crippen molar-refractivity contribution in [1.29, 1.82) is 0 Å². The third kappa shape index (κ3) is 4.74. The van der Waals surface area contributed by atoms with Crippen LogP contribution in [0, 0.1) is 19.8 Å². The third-order valence-corrected chi connectivity index (χ3v) is 4.76. The number of rotatable bonds is 6. The molecule has 0 aliphatic carbocycles. The molecule has 2 amide bonds. The van der Waals surface area contributed by atoms with Gasteiger partial charge in [-0.2, -0.15) is 0 Å². The zero-order valence-corrected chi connectivity index (χ0v) is 16.0. The van der Waals surface area contributed by atoms with E-state index in [-0.39, 0.29) is 24.3 Å². The smallest absolute Gasteiger partial charge is 0.257 e. The van der Waals surface area contributed by atoms with E-state index in [1.165, 1.54) is 0 Å². The maximum atomic E-state index is 12.3. The number of ether oxygens (including phenoxy) is 1. The van der Waals surface area contributed by atoms with Crippen LogP contribution < -0.4 is 20.6 Å². The Morgan fingerprint density at radius 2 is 1.85 bits per heavy atom. The Morgan fingerprint density at radius 3 is 2.59 bits per heavy atom. The summed E-state index contributed by atoms with van der Waals surface area (Å²) in [5, 5.41) is 5.16. The molecule has 2 aromatic rings. The van der Waals surface area contributed by atoms with Crippen LogP contribution in [0.3, 0.4) is 0 Å². The Bertz CT molecular complexity index is 984. The Morgan fingerprint density at radius 1 is 1.15 bits per heavy atom. The first-order valence-corrected chi connectivity index (χ1v) is 9.17. The zero-order chi connectivity index (χ0) is 19.4. The van der Waals surface area contributed by atoms with E-state index in [9.17, 15) is 9.59 Å². The Kier molecular flexibility index (Phi) is 5.91. The molecule has 1 unspecified atom stereocenters. The van der Waals surface area contributed by atoms with Gasteiger partial charge in [0.25, 0.3) is 11.8 Å². The first-order valence-electron chi connectivity index (χ1n) is 8.80. The molecule has 1 atom stereocenters. The highest BCUT2D eigenvalue weighted by atomic mass is 35.5.